The molecule has 0 aliphatic carbocycles. The first-order valence-electron chi connectivity index (χ1n) is 14.1. The lowest BCUT2D eigenvalue weighted by molar-refractivity contribution is 0.0219. The van der Waals surface area contributed by atoms with Crippen molar-refractivity contribution in [3.63, 3.8) is 0 Å². The van der Waals surface area contributed by atoms with Gasteiger partial charge < -0.3 is 14.5 Å². The van der Waals surface area contributed by atoms with Crippen LogP contribution >= 0.6 is 0 Å². The summed E-state index contributed by atoms with van der Waals surface area (Å²) in [6, 6.07) is 19.6. The van der Waals surface area contributed by atoms with E-state index in [0.29, 0.717) is 36.5 Å². The van der Waals surface area contributed by atoms with E-state index in [2.05, 4.69) is 18.7 Å². The quantitative estimate of drug-likeness (QED) is 0.278. The van der Waals surface area contributed by atoms with Gasteiger partial charge in [0.25, 0.3) is 5.56 Å². The minimum Gasteiger partial charge on any atom is -0.444 e. The van der Waals surface area contributed by atoms with Gasteiger partial charge in [-0.25, -0.2) is 14.2 Å². The first-order valence-corrected chi connectivity index (χ1v) is 14.1. The number of piperazine rings is 1. The van der Waals surface area contributed by atoms with Crippen LogP contribution in [0.1, 0.15) is 53.0 Å². The largest absolute Gasteiger partial charge is 0.444 e. The summed E-state index contributed by atoms with van der Waals surface area (Å²) in [5.74, 6) is -0.206. The van der Waals surface area contributed by atoms with Crippen molar-refractivity contribution in [2.24, 2.45) is 0 Å². The van der Waals surface area contributed by atoms with Crippen LogP contribution in [0.25, 0.3) is 28.0 Å². The number of carbonyl (C=O) groups is 1. The summed E-state index contributed by atoms with van der Waals surface area (Å²) in [4.78, 5) is 35.5. The van der Waals surface area contributed by atoms with Crippen LogP contribution in [0.4, 0.5) is 14.9 Å². The second-order valence-electron chi connectivity index (χ2n) is 11.9. The summed E-state index contributed by atoms with van der Waals surface area (Å²) < 4.78 is 22.0. The highest BCUT2D eigenvalue weighted by atomic mass is 19.1. The SMILES string of the molecule is CC(C)c1ccccc1-n1c(=O)cc(N2CCN(C(=O)OC(C)(C)C)CC2C)c2ccc(-c3ccccc3F)nc21. The standard InChI is InChI=1S/C33H37FN4O3/c1-21(2)23-11-8-10-14-28(23)38-30(39)19-29(37-18-17-36(20-22(37)3)32(40)41-33(4,5)6)25-15-16-27(35-31(25)38)24-12-7-9-13-26(24)34/h7-16,19,21-22H,17-18,20H2,1-6H3. The summed E-state index contributed by atoms with van der Waals surface area (Å²) in [6.45, 7) is 13.2. The van der Waals surface area contributed by atoms with Crippen molar-refractivity contribution in [3.8, 4) is 16.9 Å². The molecule has 1 amide bonds. The Balaban J connectivity index is 1.65. The normalized spacial score (nSPS) is 16.0. The molecule has 1 aliphatic rings. The minimum atomic E-state index is -0.577. The molecule has 4 aromatic rings. The van der Waals surface area contributed by atoms with Crippen LogP contribution < -0.4 is 10.5 Å². The number of anilines is 1. The van der Waals surface area contributed by atoms with Crippen molar-refractivity contribution in [2.45, 2.75) is 59.1 Å². The first kappa shape index (κ1) is 28.3. The molecule has 1 unspecified atom stereocenters. The molecule has 0 saturated carbocycles. The van der Waals surface area contributed by atoms with Crippen molar-refractivity contribution in [2.75, 3.05) is 24.5 Å². The fraction of sp³-hybridized carbons (Fsp3) is 0.364. The molecule has 2 aromatic carbocycles. The zero-order chi connectivity index (χ0) is 29.5. The third-order valence-corrected chi connectivity index (χ3v) is 7.38. The Kier molecular flexibility index (Phi) is 7.60. The molecule has 0 N–H and O–H groups in total. The van der Waals surface area contributed by atoms with Crippen LogP contribution in [0.2, 0.25) is 0 Å². The van der Waals surface area contributed by atoms with Gasteiger partial charge in [-0.2, -0.15) is 0 Å². The number of carbonyl (C=O) groups excluding carboxylic acids is 1. The molecule has 8 heteroatoms. The second kappa shape index (κ2) is 11.0. The van der Waals surface area contributed by atoms with Gasteiger partial charge in [0.05, 0.1) is 17.1 Å². The summed E-state index contributed by atoms with van der Waals surface area (Å²) in [7, 11) is 0. The summed E-state index contributed by atoms with van der Waals surface area (Å²) in [5, 5.41) is 0.779. The molecule has 5 rings (SSSR count). The van der Waals surface area contributed by atoms with Gasteiger partial charge in [-0.15, -0.1) is 0 Å². The highest BCUT2D eigenvalue weighted by Crippen LogP contribution is 2.33. The Hall–Kier alpha value is -4.20. The Bertz CT molecular complexity index is 1660. The number of fused-ring (bicyclic) bond motifs is 1. The van der Waals surface area contributed by atoms with Gasteiger partial charge in [0, 0.05) is 42.7 Å². The summed E-state index contributed by atoms with van der Waals surface area (Å²) >= 11 is 0. The van der Waals surface area contributed by atoms with Crippen LogP contribution in [0, 0.1) is 5.82 Å². The first-order chi connectivity index (χ1) is 19.4. The number of benzene rings is 2. The summed E-state index contributed by atoms with van der Waals surface area (Å²) in [6.07, 6.45) is -0.342. The fourth-order valence-corrected chi connectivity index (χ4v) is 5.46. The highest BCUT2D eigenvalue weighted by molar-refractivity contribution is 5.92. The molecule has 0 spiro atoms. The maximum Gasteiger partial charge on any atom is 0.410 e. The van der Waals surface area contributed by atoms with Gasteiger partial charge in [-0.3, -0.25) is 9.36 Å². The number of aromatic nitrogens is 2. The zero-order valence-electron chi connectivity index (χ0n) is 24.5. The molecule has 1 saturated heterocycles. The van der Waals surface area contributed by atoms with Crippen LogP contribution in [0.5, 0.6) is 0 Å². The van der Waals surface area contributed by atoms with E-state index in [-0.39, 0.29) is 29.4 Å². The number of hydrogen-bond donors (Lipinski definition) is 0. The molecule has 1 fully saturated rings. The average molecular weight is 557 g/mol. The molecular formula is C33H37FN4O3. The molecule has 1 atom stereocenters. The second-order valence-corrected chi connectivity index (χ2v) is 11.9. The number of halogens is 1. The van der Waals surface area contributed by atoms with E-state index in [0.717, 1.165) is 22.3 Å². The van der Waals surface area contributed by atoms with E-state index in [1.54, 1.807) is 39.8 Å². The minimum absolute atomic E-state index is 0.0797. The van der Waals surface area contributed by atoms with Crippen LogP contribution in [0.15, 0.2) is 71.5 Å². The highest BCUT2D eigenvalue weighted by Gasteiger charge is 2.31. The van der Waals surface area contributed by atoms with E-state index in [4.69, 9.17) is 9.72 Å². The number of nitrogens with zero attached hydrogens (tertiary/aromatic N) is 4. The van der Waals surface area contributed by atoms with Gasteiger partial charge in [-0.05, 0) is 69.5 Å². The third kappa shape index (κ3) is 5.69. The van der Waals surface area contributed by atoms with Crippen molar-refractivity contribution in [3.05, 3.63) is 88.5 Å². The van der Waals surface area contributed by atoms with Crippen LogP contribution in [-0.2, 0) is 4.74 Å². The molecule has 1 aliphatic heterocycles. The van der Waals surface area contributed by atoms with Gasteiger partial charge in [0.1, 0.15) is 17.1 Å². The third-order valence-electron chi connectivity index (χ3n) is 7.38. The van der Waals surface area contributed by atoms with E-state index in [1.165, 1.54) is 6.07 Å². The number of rotatable bonds is 4. The van der Waals surface area contributed by atoms with Crippen molar-refractivity contribution >= 4 is 22.8 Å². The Morgan fingerprint density at radius 2 is 1.71 bits per heavy atom. The number of amides is 1. The van der Waals surface area contributed by atoms with E-state index in [1.807, 2.05) is 58.0 Å². The maximum atomic E-state index is 14.8. The molecule has 7 nitrogen and oxygen atoms in total. The van der Waals surface area contributed by atoms with Crippen molar-refractivity contribution < 1.29 is 13.9 Å². The molecule has 0 radical (unpaired) electrons. The van der Waals surface area contributed by atoms with Crippen LogP contribution in [-0.4, -0.2) is 51.8 Å². The summed E-state index contributed by atoms with van der Waals surface area (Å²) in [5.41, 5.74) is 2.99. The molecule has 2 aromatic heterocycles. The zero-order valence-corrected chi connectivity index (χ0v) is 24.5. The number of hydrogen-bond acceptors (Lipinski definition) is 5. The van der Waals surface area contributed by atoms with Crippen LogP contribution in [0.3, 0.4) is 0 Å². The van der Waals surface area contributed by atoms with Gasteiger partial charge >= 0.3 is 6.09 Å². The van der Waals surface area contributed by atoms with Gasteiger partial charge in [0.2, 0.25) is 0 Å². The predicted molar refractivity (Wildman–Crippen MR) is 161 cm³/mol. The smallest absolute Gasteiger partial charge is 0.410 e. The Labute approximate surface area is 240 Å². The van der Waals surface area contributed by atoms with E-state index >= 15 is 0 Å². The lowest BCUT2D eigenvalue weighted by atomic mass is 10.0. The molecule has 0 bridgehead atoms. The number of ether oxygens (including phenoxy) is 1. The van der Waals surface area contributed by atoms with E-state index in [9.17, 15) is 14.0 Å². The monoisotopic (exact) mass is 556 g/mol. The molecular weight excluding hydrogens is 519 g/mol. The number of pyridine rings is 2. The lowest BCUT2D eigenvalue weighted by Gasteiger charge is -2.41. The van der Waals surface area contributed by atoms with Crippen molar-refractivity contribution in [1.29, 1.82) is 0 Å². The maximum absolute atomic E-state index is 14.8. The van der Waals surface area contributed by atoms with Gasteiger partial charge in [0.15, 0.2) is 0 Å². The van der Waals surface area contributed by atoms with E-state index < -0.39 is 5.60 Å². The Morgan fingerprint density at radius 1 is 1.00 bits per heavy atom. The molecule has 3 heterocycles. The van der Waals surface area contributed by atoms with Crippen molar-refractivity contribution in [1.82, 2.24) is 14.5 Å². The number of para-hydroxylation sites is 1. The average Bonchev–Trinajstić information content (AvgIpc) is 2.91. The topological polar surface area (TPSA) is 67.7 Å². The Morgan fingerprint density at radius 3 is 2.39 bits per heavy atom. The predicted octanol–water partition coefficient (Wildman–Crippen LogP) is 6.76. The molecule has 214 valence electrons. The molecule has 41 heavy (non-hydrogen) atoms. The van der Waals surface area contributed by atoms with Gasteiger partial charge in [-0.1, -0.05) is 44.2 Å². The lowest BCUT2D eigenvalue weighted by Crippen LogP contribution is -2.54. The fourth-order valence-electron chi connectivity index (χ4n) is 5.46.